The number of pyridine rings is 1. The molecule has 28 heavy (non-hydrogen) atoms. The number of hydrogen-bond acceptors (Lipinski definition) is 4. The Kier molecular flexibility index (Phi) is 5.58. The Hall–Kier alpha value is -3.42. The quantitative estimate of drug-likeness (QED) is 0.706. The van der Waals surface area contributed by atoms with Gasteiger partial charge in [-0.1, -0.05) is 0 Å². The molecule has 1 aromatic carbocycles. The van der Waals surface area contributed by atoms with Gasteiger partial charge in [0.15, 0.2) is 0 Å². The number of halogens is 1. The summed E-state index contributed by atoms with van der Waals surface area (Å²) in [5, 5.41) is 7.10. The number of nitrogens with zero attached hydrogens (tertiary/aromatic N) is 3. The van der Waals surface area contributed by atoms with Gasteiger partial charge in [-0.25, -0.2) is 4.39 Å². The van der Waals surface area contributed by atoms with Crippen LogP contribution in [0.15, 0.2) is 47.3 Å². The van der Waals surface area contributed by atoms with Crippen molar-refractivity contribution in [3.63, 3.8) is 0 Å². The third kappa shape index (κ3) is 4.11. The molecule has 3 rings (SSSR count). The molecule has 1 amide bonds. The van der Waals surface area contributed by atoms with E-state index in [0.717, 1.165) is 11.3 Å². The van der Waals surface area contributed by atoms with Gasteiger partial charge in [-0.05, 0) is 43.3 Å². The molecular weight excluding hydrogens is 363 g/mol. The van der Waals surface area contributed by atoms with Crippen molar-refractivity contribution in [3.8, 4) is 17.0 Å². The molecule has 0 aliphatic carbocycles. The predicted octanol–water partition coefficient (Wildman–Crippen LogP) is 2.13. The van der Waals surface area contributed by atoms with E-state index >= 15 is 0 Å². The van der Waals surface area contributed by atoms with Gasteiger partial charge in [-0.15, -0.1) is 0 Å². The Morgan fingerprint density at radius 1 is 1.21 bits per heavy atom. The largest absolute Gasteiger partial charge is 0.496 e. The van der Waals surface area contributed by atoms with Gasteiger partial charge in [0, 0.05) is 37.5 Å². The van der Waals surface area contributed by atoms with Gasteiger partial charge in [-0.2, -0.15) is 5.10 Å². The molecule has 146 valence electrons. The van der Waals surface area contributed by atoms with E-state index in [2.05, 4.69) is 10.4 Å². The lowest BCUT2D eigenvalue weighted by Crippen LogP contribution is -2.32. The fourth-order valence-corrected chi connectivity index (χ4v) is 2.92. The van der Waals surface area contributed by atoms with E-state index < -0.39 is 0 Å². The van der Waals surface area contributed by atoms with Crippen LogP contribution in [-0.2, 0) is 13.6 Å². The number of carbonyl (C=O) groups is 1. The first-order chi connectivity index (χ1) is 13.4. The summed E-state index contributed by atoms with van der Waals surface area (Å²) in [6.45, 7) is 2.42. The minimum Gasteiger partial charge on any atom is -0.496 e. The van der Waals surface area contributed by atoms with Crippen LogP contribution in [0.5, 0.6) is 5.75 Å². The summed E-state index contributed by atoms with van der Waals surface area (Å²) in [4.78, 5) is 24.6. The number of carbonyl (C=O) groups excluding carboxylic acids is 1. The number of benzene rings is 1. The van der Waals surface area contributed by atoms with Gasteiger partial charge in [0.25, 0.3) is 11.5 Å². The first-order valence-corrected chi connectivity index (χ1v) is 8.72. The molecule has 3 aromatic rings. The van der Waals surface area contributed by atoms with Crippen molar-refractivity contribution in [2.24, 2.45) is 7.05 Å². The predicted molar refractivity (Wildman–Crippen MR) is 103 cm³/mol. The molecule has 0 aliphatic rings. The highest BCUT2D eigenvalue weighted by atomic mass is 19.1. The Morgan fingerprint density at radius 3 is 2.57 bits per heavy atom. The minimum atomic E-state index is -0.332. The molecule has 0 saturated carbocycles. The Balaban J connectivity index is 1.68. The molecule has 0 bridgehead atoms. The number of nitrogens with one attached hydrogen (secondary N) is 1. The average Bonchev–Trinajstić information content (AvgIpc) is 3.06. The van der Waals surface area contributed by atoms with Gasteiger partial charge >= 0.3 is 0 Å². The standard InChI is InChI=1S/C20H21FN4O3/c1-13-10-16(28-3)11-19(26)25(13)9-8-22-20(27)18-12-17(23-24(18)2)14-4-6-15(21)7-5-14/h4-7,10-12H,8-9H2,1-3H3,(H,22,27). The van der Waals surface area contributed by atoms with E-state index in [1.165, 1.54) is 30.0 Å². The number of aryl methyl sites for hydroxylation is 2. The van der Waals surface area contributed by atoms with Crippen molar-refractivity contribution in [1.29, 1.82) is 0 Å². The summed E-state index contributed by atoms with van der Waals surface area (Å²) < 4.78 is 21.2. The Labute approximate surface area is 161 Å². The third-order valence-corrected chi connectivity index (χ3v) is 4.42. The second-order valence-corrected chi connectivity index (χ2v) is 6.33. The molecule has 0 fully saturated rings. The van der Waals surface area contributed by atoms with Crippen molar-refractivity contribution in [1.82, 2.24) is 19.7 Å². The molecule has 0 aliphatic heterocycles. The maximum atomic E-state index is 13.1. The molecule has 0 unspecified atom stereocenters. The van der Waals surface area contributed by atoms with E-state index in [0.29, 0.717) is 23.7 Å². The van der Waals surface area contributed by atoms with E-state index in [9.17, 15) is 14.0 Å². The molecule has 8 heteroatoms. The molecule has 0 saturated heterocycles. The van der Waals surface area contributed by atoms with Crippen molar-refractivity contribution >= 4 is 5.91 Å². The smallest absolute Gasteiger partial charge is 0.269 e. The zero-order valence-electron chi connectivity index (χ0n) is 15.9. The summed E-state index contributed by atoms with van der Waals surface area (Å²) >= 11 is 0. The van der Waals surface area contributed by atoms with Crippen molar-refractivity contribution < 1.29 is 13.9 Å². The Morgan fingerprint density at radius 2 is 1.93 bits per heavy atom. The zero-order chi connectivity index (χ0) is 20.3. The first kappa shape index (κ1) is 19.3. The van der Waals surface area contributed by atoms with Crippen LogP contribution in [0.2, 0.25) is 0 Å². The highest BCUT2D eigenvalue weighted by Gasteiger charge is 2.14. The number of methoxy groups -OCH3 is 1. The molecular formula is C20H21FN4O3. The Bertz CT molecular complexity index is 1050. The van der Waals surface area contributed by atoms with Crippen molar-refractivity contribution in [2.45, 2.75) is 13.5 Å². The highest BCUT2D eigenvalue weighted by Crippen LogP contribution is 2.19. The van der Waals surface area contributed by atoms with Gasteiger partial charge in [0.2, 0.25) is 0 Å². The second-order valence-electron chi connectivity index (χ2n) is 6.33. The van der Waals surface area contributed by atoms with E-state index in [1.807, 2.05) is 6.92 Å². The fourth-order valence-electron chi connectivity index (χ4n) is 2.92. The lowest BCUT2D eigenvalue weighted by molar-refractivity contribution is 0.0942. The number of amides is 1. The molecule has 7 nitrogen and oxygen atoms in total. The summed E-state index contributed by atoms with van der Waals surface area (Å²) in [5.74, 6) is -0.129. The van der Waals surface area contributed by atoms with Gasteiger partial charge in [0.1, 0.15) is 17.3 Å². The van der Waals surface area contributed by atoms with Crippen LogP contribution in [0.3, 0.4) is 0 Å². The number of rotatable bonds is 6. The van der Waals surface area contributed by atoms with Gasteiger partial charge in [0.05, 0.1) is 12.8 Å². The topological polar surface area (TPSA) is 78.2 Å². The van der Waals surface area contributed by atoms with Crippen molar-refractivity contribution in [2.75, 3.05) is 13.7 Å². The van der Waals surface area contributed by atoms with E-state index in [1.54, 1.807) is 35.9 Å². The van der Waals surface area contributed by atoms with Crippen LogP contribution < -0.4 is 15.6 Å². The minimum absolute atomic E-state index is 0.190. The zero-order valence-corrected chi connectivity index (χ0v) is 15.9. The molecule has 0 radical (unpaired) electrons. The fraction of sp³-hybridized carbons (Fsp3) is 0.250. The summed E-state index contributed by atoms with van der Waals surface area (Å²) in [6.07, 6.45) is 0. The molecule has 1 N–H and O–H groups in total. The monoisotopic (exact) mass is 384 g/mol. The lowest BCUT2D eigenvalue weighted by Gasteiger charge is -2.12. The number of hydrogen-bond donors (Lipinski definition) is 1. The normalized spacial score (nSPS) is 10.7. The van der Waals surface area contributed by atoms with Crippen LogP contribution in [0.1, 0.15) is 16.2 Å². The molecule has 2 heterocycles. The van der Waals surface area contributed by atoms with Gasteiger partial charge < -0.3 is 14.6 Å². The first-order valence-electron chi connectivity index (χ1n) is 8.72. The van der Waals surface area contributed by atoms with Crippen LogP contribution in [0.4, 0.5) is 4.39 Å². The van der Waals surface area contributed by atoms with Gasteiger partial charge in [-0.3, -0.25) is 14.3 Å². The molecule has 0 atom stereocenters. The highest BCUT2D eigenvalue weighted by molar-refractivity contribution is 5.93. The van der Waals surface area contributed by atoms with Crippen LogP contribution in [-0.4, -0.2) is 33.9 Å². The van der Waals surface area contributed by atoms with Crippen molar-refractivity contribution in [3.05, 3.63) is 70.0 Å². The van der Waals surface area contributed by atoms with Crippen LogP contribution in [0, 0.1) is 12.7 Å². The lowest BCUT2D eigenvalue weighted by atomic mass is 10.1. The average molecular weight is 384 g/mol. The summed E-state index contributed by atoms with van der Waals surface area (Å²) in [5.41, 5.74) is 2.23. The third-order valence-electron chi connectivity index (χ3n) is 4.42. The second kappa shape index (κ2) is 8.08. The SMILES string of the molecule is COc1cc(C)n(CCNC(=O)c2cc(-c3ccc(F)cc3)nn2C)c(=O)c1. The van der Waals surface area contributed by atoms with E-state index in [4.69, 9.17) is 4.74 Å². The molecule has 0 spiro atoms. The maximum Gasteiger partial charge on any atom is 0.269 e. The number of ether oxygens (including phenoxy) is 1. The van der Waals surface area contributed by atoms with Crippen LogP contribution in [0.25, 0.3) is 11.3 Å². The summed E-state index contributed by atoms with van der Waals surface area (Å²) in [6, 6.07) is 10.7. The van der Waals surface area contributed by atoms with Crippen LogP contribution >= 0.6 is 0 Å². The maximum absolute atomic E-state index is 13.1. The van der Waals surface area contributed by atoms with E-state index in [-0.39, 0.29) is 23.8 Å². The number of aromatic nitrogens is 3. The molecule has 2 aromatic heterocycles. The summed E-state index contributed by atoms with van der Waals surface area (Å²) in [7, 11) is 3.17.